The minimum Gasteiger partial charge on any atom is -0.380 e. The maximum Gasteiger partial charge on any atom is 0.0693 e. The molecule has 2 nitrogen and oxygen atoms in total. The number of rotatable bonds is 6. The number of hydrogen-bond donors (Lipinski definition) is 1. The monoisotopic (exact) mass is 163 g/mol. The Morgan fingerprint density at radius 1 is 1.60 bits per heavy atom. The molecule has 0 amide bonds. The lowest BCUT2D eigenvalue weighted by Gasteiger charge is -2.11. The van der Waals surface area contributed by atoms with Crippen molar-refractivity contribution in [3.05, 3.63) is 0 Å². The van der Waals surface area contributed by atoms with E-state index in [-0.39, 0.29) is 6.10 Å². The molecule has 0 rings (SSSR count). The van der Waals surface area contributed by atoms with Crippen molar-refractivity contribution >= 4 is 11.8 Å². The molecular formula is C7H17NOS. The van der Waals surface area contributed by atoms with Crippen molar-refractivity contribution in [2.45, 2.75) is 18.9 Å². The van der Waals surface area contributed by atoms with Crippen LogP contribution in [0.25, 0.3) is 0 Å². The van der Waals surface area contributed by atoms with Crippen molar-refractivity contribution in [1.82, 2.24) is 0 Å². The first kappa shape index (κ1) is 10.3. The third kappa shape index (κ3) is 5.09. The number of methoxy groups -OCH3 is 1. The zero-order valence-electron chi connectivity index (χ0n) is 6.80. The van der Waals surface area contributed by atoms with Gasteiger partial charge in [-0.3, -0.25) is 0 Å². The fourth-order valence-electron chi connectivity index (χ4n) is 0.787. The van der Waals surface area contributed by atoms with Crippen LogP contribution in [0.3, 0.4) is 0 Å². The lowest BCUT2D eigenvalue weighted by atomic mass is 10.2. The highest BCUT2D eigenvalue weighted by atomic mass is 32.2. The van der Waals surface area contributed by atoms with Crippen LogP contribution in [-0.4, -0.2) is 31.8 Å². The second-order valence-corrected chi connectivity index (χ2v) is 3.21. The molecule has 0 spiro atoms. The summed E-state index contributed by atoms with van der Waals surface area (Å²) in [6, 6.07) is 0. The van der Waals surface area contributed by atoms with Crippen molar-refractivity contribution < 1.29 is 4.74 Å². The Morgan fingerprint density at radius 3 is 2.70 bits per heavy atom. The van der Waals surface area contributed by atoms with Crippen molar-refractivity contribution in [3.63, 3.8) is 0 Å². The van der Waals surface area contributed by atoms with Crippen LogP contribution in [0, 0.1) is 0 Å². The molecule has 1 unspecified atom stereocenters. The smallest absolute Gasteiger partial charge is 0.0693 e. The van der Waals surface area contributed by atoms with E-state index in [9.17, 15) is 0 Å². The maximum atomic E-state index is 5.43. The van der Waals surface area contributed by atoms with E-state index in [1.54, 1.807) is 7.11 Å². The third-order valence-electron chi connectivity index (χ3n) is 1.47. The first-order chi connectivity index (χ1) is 4.85. The SMILES string of the molecule is COC(CN)CCCSC. The van der Waals surface area contributed by atoms with E-state index in [1.165, 1.54) is 12.2 Å². The fourth-order valence-corrected chi connectivity index (χ4v) is 1.24. The number of ether oxygens (including phenoxy) is 1. The third-order valence-corrected chi connectivity index (χ3v) is 2.17. The van der Waals surface area contributed by atoms with Gasteiger partial charge in [-0.2, -0.15) is 11.8 Å². The van der Waals surface area contributed by atoms with Gasteiger partial charge in [-0.1, -0.05) is 0 Å². The molecule has 0 radical (unpaired) electrons. The van der Waals surface area contributed by atoms with Crippen LogP contribution >= 0.6 is 11.8 Å². The van der Waals surface area contributed by atoms with Gasteiger partial charge in [0.25, 0.3) is 0 Å². The van der Waals surface area contributed by atoms with Crippen LogP contribution in [0.5, 0.6) is 0 Å². The van der Waals surface area contributed by atoms with Crippen molar-refractivity contribution in [2.24, 2.45) is 5.73 Å². The largest absolute Gasteiger partial charge is 0.380 e. The second kappa shape index (κ2) is 7.38. The van der Waals surface area contributed by atoms with Gasteiger partial charge in [0.1, 0.15) is 0 Å². The summed E-state index contributed by atoms with van der Waals surface area (Å²) >= 11 is 1.87. The van der Waals surface area contributed by atoms with Gasteiger partial charge in [-0.15, -0.1) is 0 Å². The molecule has 0 saturated heterocycles. The van der Waals surface area contributed by atoms with E-state index >= 15 is 0 Å². The molecule has 0 aromatic rings. The zero-order chi connectivity index (χ0) is 7.82. The molecule has 0 fully saturated rings. The van der Waals surface area contributed by atoms with E-state index in [2.05, 4.69) is 6.26 Å². The molecule has 10 heavy (non-hydrogen) atoms. The number of hydrogen-bond acceptors (Lipinski definition) is 3. The molecule has 0 heterocycles. The fraction of sp³-hybridized carbons (Fsp3) is 1.00. The Morgan fingerprint density at radius 2 is 2.30 bits per heavy atom. The van der Waals surface area contributed by atoms with Crippen LogP contribution in [0.15, 0.2) is 0 Å². The van der Waals surface area contributed by atoms with E-state index in [1.807, 2.05) is 11.8 Å². The molecule has 0 aromatic carbocycles. The van der Waals surface area contributed by atoms with Gasteiger partial charge >= 0.3 is 0 Å². The van der Waals surface area contributed by atoms with Gasteiger partial charge in [0, 0.05) is 13.7 Å². The molecule has 0 aromatic heterocycles. The van der Waals surface area contributed by atoms with Gasteiger partial charge in [0.15, 0.2) is 0 Å². The van der Waals surface area contributed by atoms with E-state index < -0.39 is 0 Å². The number of nitrogens with two attached hydrogens (primary N) is 1. The first-order valence-corrected chi connectivity index (χ1v) is 4.96. The van der Waals surface area contributed by atoms with Crippen molar-refractivity contribution in [2.75, 3.05) is 25.7 Å². The van der Waals surface area contributed by atoms with Gasteiger partial charge in [-0.25, -0.2) is 0 Å². The Kier molecular flexibility index (Phi) is 7.58. The number of thioether (sulfide) groups is 1. The Labute approximate surface area is 67.5 Å². The summed E-state index contributed by atoms with van der Waals surface area (Å²) in [7, 11) is 1.72. The highest BCUT2D eigenvalue weighted by molar-refractivity contribution is 7.98. The summed E-state index contributed by atoms with van der Waals surface area (Å²) in [4.78, 5) is 0. The van der Waals surface area contributed by atoms with Crippen LogP contribution in [0.1, 0.15) is 12.8 Å². The highest BCUT2D eigenvalue weighted by Crippen LogP contribution is 2.03. The molecular weight excluding hydrogens is 146 g/mol. The first-order valence-electron chi connectivity index (χ1n) is 3.57. The summed E-state index contributed by atoms with van der Waals surface area (Å²) < 4.78 is 5.11. The lowest BCUT2D eigenvalue weighted by Crippen LogP contribution is -2.22. The van der Waals surface area contributed by atoms with Crippen molar-refractivity contribution in [1.29, 1.82) is 0 Å². The summed E-state index contributed by atoms with van der Waals surface area (Å²) in [5.74, 6) is 1.21. The normalized spacial score (nSPS) is 13.5. The average molecular weight is 163 g/mol. The highest BCUT2D eigenvalue weighted by Gasteiger charge is 2.02. The Balaban J connectivity index is 3.09. The Bertz CT molecular complexity index is 66.6. The summed E-state index contributed by atoms with van der Waals surface area (Å²) in [6.07, 6.45) is 4.68. The predicted octanol–water partition coefficient (Wildman–Crippen LogP) is 1.10. The Hall–Kier alpha value is 0.270. The topological polar surface area (TPSA) is 35.2 Å². The molecule has 2 N–H and O–H groups in total. The van der Waals surface area contributed by atoms with E-state index in [0.29, 0.717) is 6.54 Å². The van der Waals surface area contributed by atoms with Crippen LogP contribution in [0.2, 0.25) is 0 Å². The molecule has 0 aliphatic rings. The summed E-state index contributed by atoms with van der Waals surface area (Å²) in [5.41, 5.74) is 5.43. The van der Waals surface area contributed by atoms with Crippen LogP contribution in [0.4, 0.5) is 0 Å². The molecule has 62 valence electrons. The standard InChI is InChI=1S/C7H17NOS/c1-9-7(6-8)4-3-5-10-2/h7H,3-6,8H2,1-2H3. The van der Waals surface area contributed by atoms with Gasteiger partial charge < -0.3 is 10.5 Å². The zero-order valence-corrected chi connectivity index (χ0v) is 7.62. The molecule has 0 bridgehead atoms. The summed E-state index contributed by atoms with van der Waals surface area (Å²) in [5, 5.41) is 0. The predicted molar refractivity (Wildman–Crippen MR) is 47.5 cm³/mol. The minimum absolute atomic E-state index is 0.271. The van der Waals surface area contributed by atoms with Crippen LogP contribution < -0.4 is 5.73 Å². The van der Waals surface area contributed by atoms with Gasteiger partial charge in [0.2, 0.25) is 0 Å². The van der Waals surface area contributed by atoms with Gasteiger partial charge in [-0.05, 0) is 24.9 Å². The molecule has 0 aliphatic carbocycles. The second-order valence-electron chi connectivity index (χ2n) is 2.23. The molecule has 1 atom stereocenters. The molecule has 0 aliphatic heterocycles. The lowest BCUT2D eigenvalue weighted by molar-refractivity contribution is 0.102. The average Bonchev–Trinajstić information content (AvgIpc) is 1.99. The summed E-state index contributed by atoms with van der Waals surface area (Å²) in [6.45, 7) is 0.644. The van der Waals surface area contributed by atoms with E-state index in [0.717, 1.165) is 6.42 Å². The minimum atomic E-state index is 0.271. The van der Waals surface area contributed by atoms with Crippen molar-refractivity contribution in [3.8, 4) is 0 Å². The van der Waals surface area contributed by atoms with Crippen LogP contribution in [-0.2, 0) is 4.74 Å². The quantitative estimate of drug-likeness (QED) is 0.596. The maximum absolute atomic E-state index is 5.43. The molecule has 3 heteroatoms. The molecule has 0 saturated carbocycles. The van der Waals surface area contributed by atoms with E-state index in [4.69, 9.17) is 10.5 Å². The van der Waals surface area contributed by atoms with Gasteiger partial charge in [0.05, 0.1) is 6.10 Å².